The Hall–Kier alpha value is -0.960. The highest BCUT2D eigenvalue weighted by Gasteiger charge is 2.11. The number of hydrogen-bond donors (Lipinski definition) is 0. The van der Waals surface area contributed by atoms with Gasteiger partial charge in [0.05, 0.1) is 9.82 Å². The highest BCUT2D eigenvalue weighted by Crippen LogP contribution is 2.14. The topological polar surface area (TPSA) is 77.3 Å². The summed E-state index contributed by atoms with van der Waals surface area (Å²) in [5.74, 6) is 0. The third-order valence-corrected chi connectivity index (χ3v) is 3.63. The third-order valence-electron chi connectivity index (χ3n) is 1.50. The maximum atomic E-state index is 11.5. The molecular weight excluding hydrogens is 333 g/mol. The van der Waals surface area contributed by atoms with E-state index in [0.29, 0.717) is 11.6 Å². The van der Waals surface area contributed by atoms with E-state index in [1.165, 1.54) is 12.1 Å². The van der Waals surface area contributed by atoms with Crippen molar-refractivity contribution in [3.05, 3.63) is 49.6 Å². The van der Waals surface area contributed by atoms with Crippen LogP contribution < -0.4 is 0 Å². The first-order valence-corrected chi connectivity index (χ1v) is 6.37. The molecule has 80 valence electrons. The standard InChI is InChI=1S/C8H6INO4S/c9-7-1-3-8(4-2-7)15(13,14)6-5-10(11)12/h1-6H/b6-5+. The summed E-state index contributed by atoms with van der Waals surface area (Å²) >= 11 is 2.04. The molecule has 7 heteroatoms. The van der Waals surface area contributed by atoms with Gasteiger partial charge in [-0.1, -0.05) is 0 Å². The van der Waals surface area contributed by atoms with Crippen LogP contribution in [0.2, 0.25) is 0 Å². The maximum Gasteiger partial charge on any atom is 0.246 e. The van der Waals surface area contributed by atoms with Gasteiger partial charge in [-0.3, -0.25) is 10.1 Å². The number of nitro groups is 1. The Morgan fingerprint density at radius 1 is 1.27 bits per heavy atom. The molecule has 0 heterocycles. The lowest BCUT2D eigenvalue weighted by Crippen LogP contribution is -1.97. The van der Waals surface area contributed by atoms with Crippen LogP contribution in [0.25, 0.3) is 0 Å². The zero-order chi connectivity index (χ0) is 11.5. The van der Waals surface area contributed by atoms with Gasteiger partial charge in [-0.2, -0.15) is 0 Å². The molecule has 0 fully saturated rings. The Balaban J connectivity index is 3.07. The lowest BCUT2D eigenvalue weighted by atomic mass is 10.4. The van der Waals surface area contributed by atoms with E-state index in [1.54, 1.807) is 12.1 Å². The van der Waals surface area contributed by atoms with Crippen LogP contribution >= 0.6 is 22.6 Å². The van der Waals surface area contributed by atoms with Crippen LogP contribution in [0.3, 0.4) is 0 Å². The van der Waals surface area contributed by atoms with Crippen LogP contribution in [-0.4, -0.2) is 13.3 Å². The highest BCUT2D eigenvalue weighted by atomic mass is 127. The molecule has 0 bridgehead atoms. The molecule has 1 aromatic rings. The molecule has 0 atom stereocenters. The van der Waals surface area contributed by atoms with Crippen LogP contribution in [0.1, 0.15) is 0 Å². The highest BCUT2D eigenvalue weighted by molar-refractivity contribution is 14.1. The minimum atomic E-state index is -3.70. The Bertz CT molecular complexity index is 492. The van der Waals surface area contributed by atoms with Gasteiger partial charge in [-0.25, -0.2) is 8.42 Å². The zero-order valence-electron chi connectivity index (χ0n) is 7.33. The molecule has 1 aromatic carbocycles. The van der Waals surface area contributed by atoms with E-state index in [4.69, 9.17) is 0 Å². The molecule has 0 aromatic heterocycles. The molecule has 0 spiro atoms. The van der Waals surface area contributed by atoms with Gasteiger partial charge >= 0.3 is 0 Å². The molecule has 0 unspecified atom stereocenters. The molecule has 0 saturated heterocycles. The van der Waals surface area contributed by atoms with Gasteiger partial charge in [0.15, 0.2) is 0 Å². The summed E-state index contributed by atoms with van der Waals surface area (Å²) in [5.41, 5.74) is 0. The van der Waals surface area contributed by atoms with Crippen LogP contribution in [0.15, 0.2) is 40.8 Å². The minimum Gasteiger partial charge on any atom is -0.259 e. The third kappa shape index (κ3) is 3.59. The number of sulfone groups is 1. The molecule has 0 aliphatic carbocycles. The smallest absolute Gasteiger partial charge is 0.246 e. The molecule has 15 heavy (non-hydrogen) atoms. The minimum absolute atomic E-state index is 0.0426. The van der Waals surface area contributed by atoms with Gasteiger partial charge in [0.2, 0.25) is 16.0 Å². The van der Waals surface area contributed by atoms with Gasteiger partial charge in [0, 0.05) is 3.57 Å². The van der Waals surface area contributed by atoms with Gasteiger partial charge in [-0.15, -0.1) is 0 Å². The van der Waals surface area contributed by atoms with Gasteiger partial charge in [0.25, 0.3) is 0 Å². The summed E-state index contributed by atoms with van der Waals surface area (Å²) in [5, 5.41) is 10.6. The van der Waals surface area contributed by atoms with Crippen molar-refractivity contribution in [2.24, 2.45) is 0 Å². The Kier molecular flexibility index (Phi) is 3.80. The summed E-state index contributed by atoms with van der Waals surface area (Å²) < 4.78 is 23.8. The molecule has 0 aliphatic heterocycles. The number of nitrogens with zero attached hydrogens (tertiary/aromatic N) is 1. The number of benzene rings is 1. The summed E-state index contributed by atoms with van der Waals surface area (Å²) in [6.45, 7) is 0. The molecule has 0 saturated carbocycles. The number of hydrogen-bond acceptors (Lipinski definition) is 4. The molecular formula is C8H6INO4S. The van der Waals surface area contributed by atoms with Crippen molar-refractivity contribution < 1.29 is 13.3 Å². The molecule has 1 rings (SSSR count). The quantitative estimate of drug-likeness (QED) is 0.478. The molecule has 0 amide bonds. The predicted octanol–water partition coefficient (Wildman–Crippen LogP) is 1.81. The fraction of sp³-hybridized carbons (Fsp3) is 0. The molecule has 0 N–H and O–H groups in total. The molecule has 5 nitrogen and oxygen atoms in total. The fourth-order valence-electron chi connectivity index (χ4n) is 0.833. The van der Waals surface area contributed by atoms with E-state index in [-0.39, 0.29) is 4.90 Å². The van der Waals surface area contributed by atoms with E-state index < -0.39 is 14.8 Å². The van der Waals surface area contributed by atoms with E-state index in [1.807, 2.05) is 22.6 Å². The van der Waals surface area contributed by atoms with Crippen molar-refractivity contribution >= 4 is 32.4 Å². The van der Waals surface area contributed by atoms with Crippen molar-refractivity contribution in [2.45, 2.75) is 4.90 Å². The molecule has 0 aliphatic rings. The van der Waals surface area contributed by atoms with Crippen molar-refractivity contribution in [1.29, 1.82) is 0 Å². The average molecular weight is 339 g/mol. The lowest BCUT2D eigenvalue weighted by Gasteiger charge is -1.97. The van der Waals surface area contributed by atoms with E-state index in [0.717, 1.165) is 3.57 Å². The fourth-order valence-corrected chi connectivity index (χ4v) is 2.12. The van der Waals surface area contributed by atoms with Crippen LogP contribution in [0.5, 0.6) is 0 Å². The first-order chi connectivity index (χ1) is 6.92. The van der Waals surface area contributed by atoms with Crippen LogP contribution in [-0.2, 0) is 9.84 Å². The second kappa shape index (κ2) is 4.71. The monoisotopic (exact) mass is 339 g/mol. The van der Waals surface area contributed by atoms with Crippen molar-refractivity contribution in [3.8, 4) is 0 Å². The van der Waals surface area contributed by atoms with E-state index in [2.05, 4.69) is 0 Å². The van der Waals surface area contributed by atoms with Crippen LogP contribution in [0, 0.1) is 13.7 Å². The van der Waals surface area contributed by atoms with Gasteiger partial charge in [-0.05, 0) is 46.9 Å². The Morgan fingerprint density at radius 2 is 1.80 bits per heavy atom. The first kappa shape index (κ1) is 12.1. The Labute approximate surface area is 100 Å². The van der Waals surface area contributed by atoms with Crippen molar-refractivity contribution in [2.75, 3.05) is 0 Å². The van der Waals surface area contributed by atoms with E-state index >= 15 is 0 Å². The maximum absolute atomic E-state index is 11.5. The first-order valence-electron chi connectivity index (χ1n) is 3.74. The lowest BCUT2D eigenvalue weighted by molar-refractivity contribution is -0.402. The van der Waals surface area contributed by atoms with Crippen molar-refractivity contribution in [3.63, 3.8) is 0 Å². The SMILES string of the molecule is O=[N+]([O-])/C=C/S(=O)(=O)c1ccc(I)cc1. The summed E-state index contributed by atoms with van der Waals surface area (Å²) in [6.07, 6.45) is 0.410. The second-order valence-corrected chi connectivity index (χ2v) is 5.65. The Morgan fingerprint density at radius 3 is 2.27 bits per heavy atom. The summed E-state index contributed by atoms with van der Waals surface area (Å²) in [4.78, 5) is 9.21. The second-order valence-electron chi connectivity index (χ2n) is 2.57. The van der Waals surface area contributed by atoms with Crippen molar-refractivity contribution in [1.82, 2.24) is 0 Å². The van der Waals surface area contributed by atoms with Gasteiger partial charge in [0.1, 0.15) is 5.41 Å². The van der Waals surface area contributed by atoms with E-state index in [9.17, 15) is 18.5 Å². The number of rotatable bonds is 3. The van der Waals surface area contributed by atoms with Gasteiger partial charge < -0.3 is 0 Å². The zero-order valence-corrected chi connectivity index (χ0v) is 10.3. The number of halogens is 1. The predicted molar refractivity (Wildman–Crippen MR) is 62.5 cm³/mol. The summed E-state index contributed by atoms with van der Waals surface area (Å²) in [7, 11) is -3.70. The largest absolute Gasteiger partial charge is 0.259 e. The summed E-state index contributed by atoms with van der Waals surface area (Å²) in [6, 6.07) is 6.05. The van der Waals surface area contributed by atoms with Crippen LogP contribution in [0.4, 0.5) is 0 Å². The normalized spacial score (nSPS) is 11.8. The average Bonchev–Trinajstić information content (AvgIpc) is 2.16. The molecule has 0 radical (unpaired) electrons.